The lowest BCUT2D eigenvalue weighted by atomic mass is 10.7. The lowest BCUT2D eigenvalue weighted by Crippen LogP contribution is -1.86. The molecule has 0 aliphatic rings. The maximum atomic E-state index is 11.9. The Morgan fingerprint density at radius 1 is 1.62 bits per heavy atom. The van der Waals surface area contributed by atoms with Crippen molar-refractivity contribution in [2.24, 2.45) is 7.05 Å². The minimum atomic E-state index is -1.05. The normalized spacial score (nSPS) is 9.88. The number of hydrogen-bond acceptors (Lipinski definition) is 1. The molecule has 8 heavy (non-hydrogen) atoms. The third kappa shape index (κ3) is 0.685. The highest BCUT2D eigenvalue weighted by molar-refractivity contribution is 4.86. The van der Waals surface area contributed by atoms with E-state index >= 15 is 0 Å². The summed E-state index contributed by atoms with van der Waals surface area (Å²) in [7, 11) is 1.45. The topological polar surface area (TPSA) is 17.8 Å². The van der Waals surface area contributed by atoms with Crippen LogP contribution in [0.3, 0.4) is 0 Å². The third-order valence-electron chi connectivity index (χ3n) is 0.743. The molecule has 0 radical (unpaired) electrons. The fraction of sp³-hybridized carbons (Fsp3) is 0.250. The number of aromatic nitrogens is 2. The predicted molar refractivity (Wildman–Crippen MR) is 23.1 cm³/mol. The molecule has 44 valence electrons. The minimum absolute atomic E-state index is 0.910. The number of hydrogen-bond donors (Lipinski definition) is 0. The van der Waals surface area contributed by atoms with Gasteiger partial charge in [0.1, 0.15) is 0 Å². The highest BCUT2D eigenvalue weighted by atomic mass is 19.2. The first kappa shape index (κ1) is 5.21. The van der Waals surface area contributed by atoms with E-state index in [2.05, 4.69) is 5.10 Å². The second kappa shape index (κ2) is 1.54. The van der Waals surface area contributed by atoms with Gasteiger partial charge in [0.25, 0.3) is 5.95 Å². The summed E-state index contributed by atoms with van der Waals surface area (Å²) in [5.41, 5.74) is 0. The maximum absolute atomic E-state index is 11.9. The quantitative estimate of drug-likeness (QED) is 0.490. The molecule has 0 unspecified atom stereocenters. The molecular weight excluding hydrogens is 114 g/mol. The Labute approximate surface area is 44.7 Å². The van der Waals surface area contributed by atoms with Crippen LogP contribution >= 0.6 is 0 Å². The van der Waals surface area contributed by atoms with Gasteiger partial charge in [-0.1, -0.05) is 0 Å². The van der Waals surface area contributed by atoms with Crippen LogP contribution in [0.5, 0.6) is 0 Å². The molecule has 0 amide bonds. The average molecular weight is 118 g/mol. The van der Waals surface area contributed by atoms with Crippen LogP contribution in [-0.2, 0) is 7.05 Å². The van der Waals surface area contributed by atoms with Crippen molar-refractivity contribution >= 4 is 0 Å². The van der Waals surface area contributed by atoms with Crippen molar-refractivity contribution in [2.45, 2.75) is 0 Å². The summed E-state index contributed by atoms with van der Waals surface area (Å²) in [4.78, 5) is 0. The third-order valence-corrected chi connectivity index (χ3v) is 0.743. The van der Waals surface area contributed by atoms with Crippen LogP contribution in [-0.4, -0.2) is 9.78 Å². The molecule has 0 saturated heterocycles. The van der Waals surface area contributed by atoms with Gasteiger partial charge in [-0.05, 0) is 0 Å². The average Bonchev–Trinajstić information content (AvgIpc) is 1.85. The summed E-state index contributed by atoms with van der Waals surface area (Å²) in [6, 6.07) is 0. The van der Waals surface area contributed by atoms with Crippen molar-refractivity contribution in [3.05, 3.63) is 18.0 Å². The number of rotatable bonds is 0. The van der Waals surface area contributed by atoms with Crippen molar-refractivity contribution in [1.82, 2.24) is 9.78 Å². The molecule has 1 rings (SSSR count). The van der Waals surface area contributed by atoms with Crippen molar-refractivity contribution < 1.29 is 8.78 Å². The first-order valence-corrected chi connectivity index (χ1v) is 2.05. The molecule has 2 nitrogen and oxygen atoms in total. The second-order valence-corrected chi connectivity index (χ2v) is 1.44. The zero-order chi connectivity index (χ0) is 6.15. The van der Waals surface area contributed by atoms with E-state index < -0.39 is 11.8 Å². The van der Waals surface area contributed by atoms with Gasteiger partial charge in [0.05, 0.1) is 6.20 Å². The van der Waals surface area contributed by atoms with E-state index in [1.807, 2.05) is 0 Å². The summed E-state index contributed by atoms with van der Waals surface area (Å²) >= 11 is 0. The van der Waals surface area contributed by atoms with E-state index in [0.717, 1.165) is 10.9 Å². The molecule has 0 aromatic carbocycles. The molecule has 0 N–H and O–H groups in total. The molecule has 4 heteroatoms. The van der Waals surface area contributed by atoms with Crippen molar-refractivity contribution in [1.29, 1.82) is 0 Å². The Morgan fingerprint density at radius 3 is 2.38 bits per heavy atom. The van der Waals surface area contributed by atoms with E-state index in [9.17, 15) is 8.78 Å². The van der Waals surface area contributed by atoms with Gasteiger partial charge in [-0.3, -0.25) is 4.68 Å². The Balaban J connectivity index is 3.14. The van der Waals surface area contributed by atoms with E-state index in [-0.39, 0.29) is 0 Å². The van der Waals surface area contributed by atoms with E-state index in [1.54, 1.807) is 0 Å². The lowest BCUT2D eigenvalue weighted by Gasteiger charge is -1.77. The van der Waals surface area contributed by atoms with Crippen LogP contribution in [0.4, 0.5) is 8.78 Å². The first-order valence-electron chi connectivity index (χ1n) is 2.05. The first-order chi connectivity index (χ1) is 3.70. The Morgan fingerprint density at radius 2 is 2.25 bits per heavy atom. The molecule has 0 aliphatic carbocycles. The van der Waals surface area contributed by atoms with E-state index in [0.29, 0.717) is 0 Å². The fourth-order valence-electron chi connectivity index (χ4n) is 0.432. The number of aryl methyl sites for hydroxylation is 1. The molecule has 0 bridgehead atoms. The molecule has 0 saturated carbocycles. The van der Waals surface area contributed by atoms with Gasteiger partial charge in [0, 0.05) is 7.05 Å². The van der Waals surface area contributed by atoms with Gasteiger partial charge >= 0.3 is 0 Å². The van der Waals surface area contributed by atoms with Crippen LogP contribution in [0.2, 0.25) is 0 Å². The monoisotopic (exact) mass is 118 g/mol. The largest absolute Gasteiger partial charge is 0.270 e. The van der Waals surface area contributed by atoms with Gasteiger partial charge < -0.3 is 0 Å². The number of nitrogens with zero attached hydrogens (tertiary/aromatic N) is 2. The summed E-state index contributed by atoms with van der Waals surface area (Å²) in [5.74, 6) is -1.96. The molecule has 0 fully saturated rings. The van der Waals surface area contributed by atoms with Crippen LogP contribution in [0, 0.1) is 11.8 Å². The van der Waals surface area contributed by atoms with Gasteiger partial charge in [0.2, 0.25) is 0 Å². The Kier molecular flexibility index (Phi) is 1.00. The van der Waals surface area contributed by atoms with Crippen molar-refractivity contribution in [3.8, 4) is 0 Å². The van der Waals surface area contributed by atoms with Gasteiger partial charge in [-0.15, -0.1) is 5.10 Å². The highest BCUT2D eigenvalue weighted by Gasteiger charge is 2.02. The van der Waals surface area contributed by atoms with Crippen LogP contribution in [0.25, 0.3) is 0 Å². The number of halogens is 2. The van der Waals surface area contributed by atoms with Crippen LogP contribution in [0.1, 0.15) is 0 Å². The molecule has 1 heterocycles. The lowest BCUT2D eigenvalue weighted by molar-refractivity contribution is 0.485. The molecule has 0 aliphatic heterocycles. The Hall–Kier alpha value is -0.930. The smallest absolute Gasteiger partial charge is 0.268 e. The van der Waals surface area contributed by atoms with Gasteiger partial charge in [-0.2, -0.15) is 4.39 Å². The maximum Gasteiger partial charge on any atom is 0.268 e. The predicted octanol–water partition coefficient (Wildman–Crippen LogP) is 0.698. The van der Waals surface area contributed by atoms with Crippen molar-refractivity contribution in [2.75, 3.05) is 0 Å². The molecule has 0 atom stereocenters. The standard InChI is InChI=1S/C4H4F2N2/c1-8-2-3(5)4(6)7-8/h2H,1H3. The molecule has 1 aromatic heterocycles. The van der Waals surface area contributed by atoms with Crippen LogP contribution in [0.15, 0.2) is 6.20 Å². The highest BCUT2D eigenvalue weighted by Crippen LogP contribution is 1.98. The summed E-state index contributed by atoms with van der Waals surface area (Å²) in [6.07, 6.45) is 0.968. The zero-order valence-corrected chi connectivity index (χ0v) is 4.23. The SMILES string of the molecule is Cn1cc(F)c(F)n1. The molecule has 1 aromatic rings. The Bertz CT molecular complexity index is 174. The summed E-state index contributed by atoms with van der Waals surface area (Å²) < 4.78 is 24.8. The summed E-state index contributed by atoms with van der Waals surface area (Å²) in [5, 5.41) is 3.09. The second-order valence-electron chi connectivity index (χ2n) is 1.44. The van der Waals surface area contributed by atoms with Gasteiger partial charge in [0.15, 0.2) is 5.82 Å². The zero-order valence-electron chi connectivity index (χ0n) is 4.23. The van der Waals surface area contributed by atoms with Crippen LogP contribution < -0.4 is 0 Å². The fourth-order valence-corrected chi connectivity index (χ4v) is 0.432. The molecule has 0 spiro atoms. The minimum Gasteiger partial charge on any atom is -0.270 e. The van der Waals surface area contributed by atoms with Gasteiger partial charge in [-0.25, -0.2) is 4.39 Å². The molecular formula is C4H4F2N2. The van der Waals surface area contributed by atoms with Crippen molar-refractivity contribution in [3.63, 3.8) is 0 Å². The van der Waals surface area contributed by atoms with E-state index in [4.69, 9.17) is 0 Å². The van der Waals surface area contributed by atoms with E-state index in [1.165, 1.54) is 7.05 Å². The summed E-state index contributed by atoms with van der Waals surface area (Å²) in [6.45, 7) is 0.